The summed E-state index contributed by atoms with van der Waals surface area (Å²) in [5.41, 5.74) is 4.53. The fraction of sp³-hybridized carbons (Fsp3) is 0.433. The van der Waals surface area contributed by atoms with Crippen molar-refractivity contribution in [1.82, 2.24) is 25.2 Å². The molecule has 0 saturated carbocycles. The van der Waals surface area contributed by atoms with E-state index in [4.69, 9.17) is 9.84 Å². The molecule has 1 aromatic heterocycles. The maximum absolute atomic E-state index is 12.9. The fourth-order valence-electron chi connectivity index (χ4n) is 5.82. The highest BCUT2D eigenvalue weighted by Crippen LogP contribution is 2.45. The molecule has 4 N–H and O–H groups in total. The van der Waals surface area contributed by atoms with Gasteiger partial charge in [0.05, 0.1) is 21.5 Å². The van der Waals surface area contributed by atoms with Crippen molar-refractivity contribution < 1.29 is 27.9 Å². The Bertz CT molecular complexity index is 1670. The second kappa shape index (κ2) is 12.6. The van der Waals surface area contributed by atoms with E-state index in [0.717, 1.165) is 41.8 Å². The van der Waals surface area contributed by atoms with Crippen molar-refractivity contribution in [2.75, 3.05) is 30.3 Å². The SMILES string of the molecule is Cc1cc(Nc2ncnc(Nc3ccccc3S(=O)(=O)C(C)C)n2)c2c(c1C1CCN(C(=O)CNC(=O)O)CC1)C[C@@H](C)O2. The van der Waals surface area contributed by atoms with E-state index in [-0.39, 0.29) is 41.3 Å². The molecule has 2 aromatic carbocycles. The lowest BCUT2D eigenvalue weighted by atomic mass is 9.82. The molecule has 0 unspecified atom stereocenters. The molecule has 1 atom stereocenters. The summed E-state index contributed by atoms with van der Waals surface area (Å²) in [6.45, 7) is 8.24. The van der Waals surface area contributed by atoms with Crippen molar-refractivity contribution in [3.05, 3.63) is 53.3 Å². The maximum atomic E-state index is 12.9. The summed E-state index contributed by atoms with van der Waals surface area (Å²) in [6, 6.07) is 8.66. The van der Waals surface area contributed by atoms with Gasteiger partial charge in [-0.05, 0) is 75.8 Å². The molecular weight excluding hydrogens is 586 g/mol. The lowest BCUT2D eigenvalue weighted by Crippen LogP contribution is -2.43. The predicted octanol–water partition coefficient (Wildman–Crippen LogP) is 4.15. The van der Waals surface area contributed by atoms with Gasteiger partial charge < -0.3 is 30.7 Å². The summed E-state index contributed by atoms with van der Waals surface area (Å²) in [5.74, 6) is 1.21. The summed E-state index contributed by atoms with van der Waals surface area (Å²) in [4.78, 5) is 38.0. The van der Waals surface area contributed by atoms with Crippen molar-refractivity contribution >= 4 is 45.1 Å². The van der Waals surface area contributed by atoms with E-state index < -0.39 is 21.2 Å². The number of piperidine rings is 1. The molecule has 0 aliphatic carbocycles. The number of nitrogens with one attached hydrogen (secondary N) is 3. The number of nitrogens with zero attached hydrogens (tertiary/aromatic N) is 4. The number of carbonyl (C=O) groups is 2. The lowest BCUT2D eigenvalue weighted by Gasteiger charge is -2.34. The zero-order chi connectivity index (χ0) is 31.6. The van der Waals surface area contributed by atoms with Gasteiger partial charge in [-0.2, -0.15) is 4.98 Å². The highest BCUT2D eigenvalue weighted by atomic mass is 32.2. The molecule has 0 bridgehead atoms. The Balaban J connectivity index is 1.35. The van der Waals surface area contributed by atoms with E-state index in [1.807, 2.05) is 13.0 Å². The van der Waals surface area contributed by atoms with E-state index in [2.05, 4.69) is 37.8 Å². The topological polar surface area (TPSA) is 176 Å². The van der Waals surface area contributed by atoms with Crippen LogP contribution in [0.25, 0.3) is 0 Å². The summed E-state index contributed by atoms with van der Waals surface area (Å²) in [6.07, 6.45) is 2.39. The number of benzene rings is 2. The third-order valence-corrected chi connectivity index (χ3v) is 10.2. The zero-order valence-electron chi connectivity index (χ0n) is 25.1. The molecule has 13 nitrogen and oxygen atoms in total. The number of sulfone groups is 1. The van der Waals surface area contributed by atoms with E-state index in [0.29, 0.717) is 18.8 Å². The average Bonchev–Trinajstić information content (AvgIpc) is 3.37. The first kappa shape index (κ1) is 31.0. The number of rotatable bonds is 9. The maximum Gasteiger partial charge on any atom is 0.405 e. The average molecular weight is 624 g/mol. The number of amides is 2. The number of hydrogen-bond donors (Lipinski definition) is 4. The highest BCUT2D eigenvalue weighted by molar-refractivity contribution is 7.92. The third-order valence-electron chi connectivity index (χ3n) is 7.97. The number of hydrogen-bond acceptors (Lipinski definition) is 10. The van der Waals surface area contributed by atoms with E-state index in [1.165, 1.54) is 11.9 Å². The Kier molecular flexibility index (Phi) is 8.90. The smallest absolute Gasteiger partial charge is 0.405 e. The monoisotopic (exact) mass is 623 g/mol. The van der Waals surface area contributed by atoms with Gasteiger partial charge in [0.25, 0.3) is 0 Å². The van der Waals surface area contributed by atoms with Crippen LogP contribution >= 0.6 is 0 Å². The first-order chi connectivity index (χ1) is 20.9. The first-order valence-electron chi connectivity index (χ1n) is 14.6. The zero-order valence-corrected chi connectivity index (χ0v) is 25.9. The standard InChI is InChI=1S/C30H37N7O6S/c1-17(2)44(41,42)24-8-6-5-7-22(24)34-28-32-16-33-29(36-28)35-23-13-18(3)26(21-14-19(4)43-27(21)23)20-9-11-37(12-10-20)25(38)15-31-30(39)40/h5-8,13,16-17,19-20,31H,9-12,14-15H2,1-4H3,(H,39,40)(H2,32,33,34,35,36)/t19-/m1/s1. The number of anilines is 4. The van der Waals surface area contributed by atoms with Crippen molar-refractivity contribution in [1.29, 1.82) is 0 Å². The molecule has 0 radical (unpaired) electrons. The van der Waals surface area contributed by atoms with Crippen LogP contribution in [0.5, 0.6) is 5.75 Å². The lowest BCUT2D eigenvalue weighted by molar-refractivity contribution is -0.131. The van der Waals surface area contributed by atoms with Crippen LogP contribution in [0.15, 0.2) is 41.6 Å². The Hall–Kier alpha value is -4.46. The summed E-state index contributed by atoms with van der Waals surface area (Å²) < 4.78 is 32.1. The minimum atomic E-state index is -3.54. The normalized spacial score (nSPS) is 16.8. The minimum Gasteiger partial charge on any atom is -0.488 e. The Morgan fingerprint density at radius 3 is 2.41 bits per heavy atom. The van der Waals surface area contributed by atoms with Crippen molar-refractivity contribution in [3.8, 4) is 5.75 Å². The van der Waals surface area contributed by atoms with Crippen LogP contribution in [0, 0.1) is 6.92 Å². The van der Waals surface area contributed by atoms with Crippen LogP contribution in [0.4, 0.5) is 28.1 Å². The quantitative estimate of drug-likeness (QED) is 0.269. The number of carboxylic acid groups (broad SMARTS) is 1. The molecule has 3 aromatic rings. The molecule has 2 aliphatic rings. The molecule has 5 rings (SSSR count). The van der Waals surface area contributed by atoms with Gasteiger partial charge in [0.2, 0.25) is 17.8 Å². The van der Waals surface area contributed by atoms with Gasteiger partial charge in [0, 0.05) is 25.1 Å². The summed E-state index contributed by atoms with van der Waals surface area (Å²) in [7, 11) is -3.54. The second-order valence-electron chi connectivity index (χ2n) is 11.4. The number of aromatic nitrogens is 3. The molecule has 3 heterocycles. The number of para-hydroxylation sites is 1. The highest BCUT2D eigenvalue weighted by Gasteiger charge is 2.33. The van der Waals surface area contributed by atoms with Crippen LogP contribution in [0.2, 0.25) is 0 Å². The second-order valence-corrected chi connectivity index (χ2v) is 13.9. The molecule has 1 fully saturated rings. The van der Waals surface area contributed by atoms with Gasteiger partial charge in [-0.15, -0.1) is 0 Å². The van der Waals surface area contributed by atoms with Crippen molar-refractivity contribution in [3.63, 3.8) is 0 Å². The largest absolute Gasteiger partial charge is 0.488 e. The van der Waals surface area contributed by atoms with Crippen molar-refractivity contribution in [2.24, 2.45) is 0 Å². The number of aryl methyl sites for hydroxylation is 1. The van der Waals surface area contributed by atoms with E-state index in [9.17, 15) is 18.0 Å². The molecule has 2 aliphatic heterocycles. The molecular formula is C30H37N7O6S. The van der Waals surface area contributed by atoms with Crippen LogP contribution in [-0.4, -0.2) is 76.4 Å². The van der Waals surface area contributed by atoms with Gasteiger partial charge in [0.15, 0.2) is 9.84 Å². The fourth-order valence-corrected chi connectivity index (χ4v) is 7.02. The predicted molar refractivity (Wildman–Crippen MR) is 165 cm³/mol. The van der Waals surface area contributed by atoms with Crippen molar-refractivity contribution in [2.45, 2.75) is 69.1 Å². The van der Waals surface area contributed by atoms with E-state index in [1.54, 1.807) is 43.0 Å². The van der Waals surface area contributed by atoms with Gasteiger partial charge in [-0.3, -0.25) is 4.79 Å². The van der Waals surface area contributed by atoms with Crippen LogP contribution < -0.4 is 20.7 Å². The summed E-state index contributed by atoms with van der Waals surface area (Å²) >= 11 is 0. The summed E-state index contributed by atoms with van der Waals surface area (Å²) in [5, 5.41) is 16.7. The van der Waals surface area contributed by atoms with Gasteiger partial charge in [-0.1, -0.05) is 12.1 Å². The molecule has 14 heteroatoms. The van der Waals surface area contributed by atoms with E-state index >= 15 is 0 Å². The minimum absolute atomic E-state index is 0.0233. The number of carbonyl (C=O) groups excluding carboxylic acids is 1. The number of ether oxygens (including phenoxy) is 1. The van der Waals surface area contributed by atoms with Gasteiger partial charge in [-0.25, -0.2) is 23.2 Å². The number of likely N-dealkylation sites (tertiary alicyclic amines) is 1. The molecule has 1 saturated heterocycles. The van der Waals surface area contributed by atoms with Crippen LogP contribution in [0.3, 0.4) is 0 Å². The number of fused-ring (bicyclic) bond motifs is 1. The van der Waals surface area contributed by atoms with Gasteiger partial charge in [0.1, 0.15) is 24.7 Å². The first-order valence-corrected chi connectivity index (χ1v) is 16.1. The van der Waals surface area contributed by atoms with Crippen LogP contribution in [-0.2, 0) is 21.1 Å². The molecule has 234 valence electrons. The Labute approximate surface area is 256 Å². The Morgan fingerprint density at radius 1 is 1.09 bits per heavy atom. The Morgan fingerprint density at radius 2 is 1.75 bits per heavy atom. The molecule has 0 spiro atoms. The molecule has 44 heavy (non-hydrogen) atoms. The van der Waals surface area contributed by atoms with Crippen LogP contribution in [0.1, 0.15) is 56.2 Å². The van der Waals surface area contributed by atoms with Gasteiger partial charge >= 0.3 is 6.09 Å². The third kappa shape index (κ3) is 6.54. The molecule has 2 amide bonds.